The lowest BCUT2D eigenvalue weighted by Gasteiger charge is -2.28. The minimum atomic E-state index is 0.623. The standard InChI is InChI=1S/C14H24N2O/c1-12(2)11-16(10-6-9-15)13-7-4-5-8-14(13)17-3/h4-5,7-8,12H,6,9-11,15H2,1-3H3. The molecule has 0 atom stereocenters. The van der Waals surface area contributed by atoms with Crippen molar-refractivity contribution < 1.29 is 4.74 Å². The third kappa shape index (κ3) is 4.27. The highest BCUT2D eigenvalue weighted by atomic mass is 16.5. The van der Waals surface area contributed by atoms with Gasteiger partial charge in [0, 0.05) is 13.1 Å². The normalized spacial score (nSPS) is 10.6. The van der Waals surface area contributed by atoms with E-state index in [0.717, 1.165) is 37.5 Å². The summed E-state index contributed by atoms with van der Waals surface area (Å²) in [7, 11) is 1.72. The molecule has 96 valence electrons. The van der Waals surface area contributed by atoms with E-state index in [1.165, 1.54) is 0 Å². The van der Waals surface area contributed by atoms with Gasteiger partial charge in [-0.3, -0.25) is 0 Å². The van der Waals surface area contributed by atoms with Crippen LogP contribution >= 0.6 is 0 Å². The number of para-hydroxylation sites is 2. The third-order valence-electron chi connectivity index (χ3n) is 2.64. The van der Waals surface area contributed by atoms with Crippen LogP contribution < -0.4 is 15.4 Å². The van der Waals surface area contributed by atoms with Crippen LogP contribution in [-0.4, -0.2) is 26.7 Å². The molecular weight excluding hydrogens is 212 g/mol. The fraction of sp³-hybridized carbons (Fsp3) is 0.571. The molecule has 3 heteroatoms. The quantitative estimate of drug-likeness (QED) is 0.790. The average Bonchev–Trinajstić information content (AvgIpc) is 2.34. The zero-order valence-corrected chi connectivity index (χ0v) is 11.1. The lowest BCUT2D eigenvalue weighted by atomic mass is 10.1. The molecule has 2 N–H and O–H groups in total. The van der Waals surface area contributed by atoms with Crippen LogP contribution in [0.2, 0.25) is 0 Å². The Hall–Kier alpha value is -1.22. The number of benzene rings is 1. The smallest absolute Gasteiger partial charge is 0.142 e. The first-order chi connectivity index (χ1) is 8.19. The molecule has 1 rings (SSSR count). The van der Waals surface area contributed by atoms with E-state index < -0.39 is 0 Å². The average molecular weight is 236 g/mol. The van der Waals surface area contributed by atoms with E-state index >= 15 is 0 Å². The molecular formula is C14H24N2O. The largest absolute Gasteiger partial charge is 0.495 e. The van der Waals surface area contributed by atoms with Crippen LogP contribution in [0.5, 0.6) is 5.75 Å². The minimum absolute atomic E-state index is 0.623. The summed E-state index contributed by atoms with van der Waals surface area (Å²) in [5.41, 5.74) is 6.76. The summed E-state index contributed by atoms with van der Waals surface area (Å²) < 4.78 is 5.41. The monoisotopic (exact) mass is 236 g/mol. The predicted octanol–water partition coefficient (Wildman–Crippen LogP) is 2.51. The summed E-state index contributed by atoms with van der Waals surface area (Å²) in [6.07, 6.45) is 1.00. The van der Waals surface area contributed by atoms with E-state index in [1.54, 1.807) is 7.11 Å². The second kappa shape index (κ2) is 7.17. The number of methoxy groups -OCH3 is 1. The number of anilines is 1. The molecule has 0 aromatic heterocycles. The Morgan fingerprint density at radius 3 is 2.59 bits per heavy atom. The maximum Gasteiger partial charge on any atom is 0.142 e. The van der Waals surface area contributed by atoms with Gasteiger partial charge in [-0.25, -0.2) is 0 Å². The number of hydrogen-bond acceptors (Lipinski definition) is 3. The minimum Gasteiger partial charge on any atom is -0.495 e. The van der Waals surface area contributed by atoms with Crippen LogP contribution in [0.15, 0.2) is 24.3 Å². The van der Waals surface area contributed by atoms with Crippen molar-refractivity contribution in [2.75, 3.05) is 31.6 Å². The SMILES string of the molecule is COc1ccccc1N(CCCN)CC(C)C. The molecule has 1 aromatic rings. The molecule has 1 aromatic carbocycles. The molecule has 0 heterocycles. The first-order valence-electron chi connectivity index (χ1n) is 6.27. The molecule has 0 amide bonds. The maximum absolute atomic E-state index is 5.60. The van der Waals surface area contributed by atoms with Crippen LogP contribution in [0.3, 0.4) is 0 Å². The molecule has 0 saturated heterocycles. The van der Waals surface area contributed by atoms with E-state index in [2.05, 4.69) is 24.8 Å². The zero-order chi connectivity index (χ0) is 12.7. The summed E-state index contributed by atoms with van der Waals surface area (Å²) in [6, 6.07) is 8.16. The van der Waals surface area contributed by atoms with Gasteiger partial charge in [-0.2, -0.15) is 0 Å². The van der Waals surface area contributed by atoms with Gasteiger partial charge < -0.3 is 15.4 Å². The Morgan fingerprint density at radius 1 is 1.29 bits per heavy atom. The van der Waals surface area contributed by atoms with E-state index in [-0.39, 0.29) is 0 Å². The second-order valence-electron chi connectivity index (χ2n) is 4.65. The molecule has 17 heavy (non-hydrogen) atoms. The molecule has 0 saturated carbocycles. The van der Waals surface area contributed by atoms with Crippen LogP contribution in [0.4, 0.5) is 5.69 Å². The van der Waals surface area contributed by atoms with Crippen LogP contribution in [-0.2, 0) is 0 Å². The lowest BCUT2D eigenvalue weighted by molar-refractivity contribution is 0.413. The van der Waals surface area contributed by atoms with E-state index in [4.69, 9.17) is 10.5 Å². The highest BCUT2D eigenvalue weighted by Gasteiger charge is 2.12. The highest BCUT2D eigenvalue weighted by Crippen LogP contribution is 2.28. The Kier molecular flexibility index (Phi) is 5.84. The zero-order valence-electron chi connectivity index (χ0n) is 11.1. The van der Waals surface area contributed by atoms with Crippen LogP contribution in [0, 0.1) is 5.92 Å². The third-order valence-corrected chi connectivity index (χ3v) is 2.64. The van der Waals surface area contributed by atoms with Crippen molar-refractivity contribution in [3.63, 3.8) is 0 Å². The van der Waals surface area contributed by atoms with Gasteiger partial charge in [0.1, 0.15) is 5.75 Å². The summed E-state index contributed by atoms with van der Waals surface area (Å²) in [5.74, 6) is 1.56. The molecule has 0 aliphatic rings. The summed E-state index contributed by atoms with van der Waals surface area (Å²) in [5, 5.41) is 0. The maximum atomic E-state index is 5.60. The van der Waals surface area contributed by atoms with Gasteiger partial charge in [-0.1, -0.05) is 26.0 Å². The second-order valence-corrected chi connectivity index (χ2v) is 4.65. The Balaban J connectivity index is 2.86. The highest BCUT2D eigenvalue weighted by molar-refractivity contribution is 5.58. The first kappa shape index (κ1) is 13.8. The van der Waals surface area contributed by atoms with Crippen molar-refractivity contribution in [2.24, 2.45) is 11.7 Å². The van der Waals surface area contributed by atoms with Crippen molar-refractivity contribution in [1.29, 1.82) is 0 Å². The topological polar surface area (TPSA) is 38.5 Å². The van der Waals surface area contributed by atoms with Crippen molar-refractivity contribution in [1.82, 2.24) is 0 Å². The molecule has 0 aliphatic heterocycles. The first-order valence-corrected chi connectivity index (χ1v) is 6.27. The van der Waals surface area contributed by atoms with Crippen LogP contribution in [0.1, 0.15) is 20.3 Å². The Bertz CT molecular complexity index is 326. The van der Waals surface area contributed by atoms with Gasteiger partial charge >= 0.3 is 0 Å². The van der Waals surface area contributed by atoms with Gasteiger partial charge in [0.15, 0.2) is 0 Å². The van der Waals surface area contributed by atoms with E-state index in [9.17, 15) is 0 Å². The van der Waals surface area contributed by atoms with Gasteiger partial charge in [-0.05, 0) is 31.0 Å². The van der Waals surface area contributed by atoms with E-state index in [1.807, 2.05) is 18.2 Å². The number of hydrogen-bond donors (Lipinski definition) is 1. The van der Waals surface area contributed by atoms with Gasteiger partial charge in [-0.15, -0.1) is 0 Å². The fourth-order valence-electron chi connectivity index (χ4n) is 1.92. The van der Waals surface area contributed by atoms with Gasteiger partial charge in [0.05, 0.1) is 12.8 Å². The Morgan fingerprint density at radius 2 is 2.00 bits per heavy atom. The van der Waals surface area contributed by atoms with Crippen molar-refractivity contribution in [3.05, 3.63) is 24.3 Å². The number of nitrogens with two attached hydrogens (primary N) is 1. The lowest BCUT2D eigenvalue weighted by Crippen LogP contribution is -2.30. The summed E-state index contributed by atoms with van der Waals surface area (Å²) in [4.78, 5) is 2.36. The summed E-state index contributed by atoms with van der Waals surface area (Å²) >= 11 is 0. The molecule has 0 bridgehead atoms. The van der Waals surface area contributed by atoms with Crippen molar-refractivity contribution in [2.45, 2.75) is 20.3 Å². The Labute approximate surface area is 105 Å². The van der Waals surface area contributed by atoms with Gasteiger partial charge in [0.25, 0.3) is 0 Å². The number of rotatable bonds is 7. The number of nitrogens with zero attached hydrogens (tertiary/aromatic N) is 1. The van der Waals surface area contributed by atoms with E-state index in [0.29, 0.717) is 5.92 Å². The molecule has 0 aliphatic carbocycles. The molecule has 0 fully saturated rings. The van der Waals surface area contributed by atoms with Crippen molar-refractivity contribution in [3.8, 4) is 5.75 Å². The summed E-state index contributed by atoms with van der Waals surface area (Å²) in [6.45, 7) is 7.19. The fourth-order valence-corrected chi connectivity index (χ4v) is 1.92. The van der Waals surface area contributed by atoms with Crippen LogP contribution in [0.25, 0.3) is 0 Å². The predicted molar refractivity (Wildman–Crippen MR) is 73.7 cm³/mol. The molecule has 0 radical (unpaired) electrons. The molecule has 3 nitrogen and oxygen atoms in total. The molecule has 0 spiro atoms. The number of ether oxygens (including phenoxy) is 1. The molecule has 0 unspecified atom stereocenters. The van der Waals surface area contributed by atoms with Gasteiger partial charge in [0.2, 0.25) is 0 Å². The van der Waals surface area contributed by atoms with Crippen molar-refractivity contribution >= 4 is 5.69 Å².